The fourth-order valence-corrected chi connectivity index (χ4v) is 1.86. The van der Waals surface area contributed by atoms with Gasteiger partial charge in [-0.2, -0.15) is 0 Å². The lowest BCUT2D eigenvalue weighted by Gasteiger charge is -2.32. The van der Waals surface area contributed by atoms with E-state index >= 15 is 0 Å². The zero-order chi connectivity index (χ0) is 12.3. The summed E-state index contributed by atoms with van der Waals surface area (Å²) in [5.41, 5.74) is 4.91. The Hall–Kier alpha value is -1.40. The molecule has 0 saturated carbocycles. The van der Waals surface area contributed by atoms with Crippen LogP contribution in [0.15, 0.2) is 6.07 Å². The number of anilines is 2. The van der Waals surface area contributed by atoms with Gasteiger partial charge in [0.1, 0.15) is 17.5 Å². The van der Waals surface area contributed by atoms with Crippen LogP contribution < -0.4 is 11.1 Å². The molecule has 0 atom stereocenters. The maximum absolute atomic E-state index is 10.3. The monoisotopic (exact) mass is 238 g/mol. The summed E-state index contributed by atoms with van der Waals surface area (Å²) in [5, 5.41) is 13.4. The second kappa shape index (κ2) is 4.85. The predicted octanol–water partition coefficient (Wildman–Crippen LogP) is 0.321. The van der Waals surface area contributed by atoms with Crippen molar-refractivity contribution >= 4 is 11.6 Å². The molecule has 2 rings (SSSR count). The molecule has 0 aliphatic carbocycles. The molecule has 0 bridgehead atoms. The first-order valence-electron chi connectivity index (χ1n) is 5.73. The Kier molecular flexibility index (Phi) is 3.44. The Bertz CT molecular complexity index is 371. The quantitative estimate of drug-likeness (QED) is 0.702. The van der Waals surface area contributed by atoms with Crippen molar-refractivity contribution in [2.45, 2.75) is 25.4 Å². The second-order valence-electron chi connectivity index (χ2n) is 4.42. The Morgan fingerprint density at radius 2 is 2.18 bits per heavy atom. The van der Waals surface area contributed by atoms with Crippen molar-refractivity contribution < 1.29 is 9.84 Å². The maximum Gasteiger partial charge on any atom is 0.131 e. The van der Waals surface area contributed by atoms with Crippen LogP contribution in [0.3, 0.4) is 0 Å². The number of nitrogens with zero attached hydrogens (tertiary/aromatic N) is 2. The average molecular weight is 238 g/mol. The van der Waals surface area contributed by atoms with Crippen LogP contribution in [0.4, 0.5) is 11.6 Å². The topological polar surface area (TPSA) is 93.3 Å². The number of nitrogens with two attached hydrogens (primary N) is 1. The van der Waals surface area contributed by atoms with Crippen LogP contribution in [0.5, 0.6) is 0 Å². The first-order chi connectivity index (χ1) is 8.07. The number of aromatic nitrogens is 2. The summed E-state index contributed by atoms with van der Waals surface area (Å²) >= 11 is 0. The molecule has 4 N–H and O–H groups in total. The van der Waals surface area contributed by atoms with E-state index in [0.29, 0.717) is 50.1 Å². The minimum absolute atomic E-state index is 0.430. The van der Waals surface area contributed by atoms with Crippen molar-refractivity contribution in [2.24, 2.45) is 0 Å². The van der Waals surface area contributed by atoms with Gasteiger partial charge in [0.15, 0.2) is 0 Å². The molecule has 0 amide bonds. The number of ether oxygens (including phenoxy) is 1. The fourth-order valence-electron chi connectivity index (χ4n) is 1.86. The summed E-state index contributed by atoms with van der Waals surface area (Å²) in [6.45, 7) is 3.43. The molecule has 94 valence electrons. The average Bonchev–Trinajstić information content (AvgIpc) is 2.26. The highest BCUT2D eigenvalue weighted by Crippen LogP contribution is 2.21. The van der Waals surface area contributed by atoms with Gasteiger partial charge < -0.3 is 20.9 Å². The second-order valence-corrected chi connectivity index (χ2v) is 4.42. The van der Waals surface area contributed by atoms with Gasteiger partial charge in [0, 0.05) is 38.7 Å². The third-order valence-electron chi connectivity index (χ3n) is 2.88. The van der Waals surface area contributed by atoms with Crippen LogP contribution in [0.2, 0.25) is 0 Å². The number of hydrogen-bond acceptors (Lipinski definition) is 6. The Labute approximate surface area is 100 Å². The summed E-state index contributed by atoms with van der Waals surface area (Å²) in [6, 6.07) is 1.66. The standard InChI is InChI=1S/C11H18N4O2/c1-8-14-9(12)6-10(15-8)13-7-11(16)2-4-17-5-3-11/h6,16H,2-5,7H2,1H3,(H3,12,13,14,15). The SMILES string of the molecule is Cc1nc(N)cc(NCC2(O)CCOCC2)n1. The van der Waals surface area contributed by atoms with Crippen molar-refractivity contribution in [3.8, 4) is 0 Å². The maximum atomic E-state index is 10.3. The largest absolute Gasteiger partial charge is 0.388 e. The molecule has 6 heteroatoms. The Morgan fingerprint density at radius 1 is 1.47 bits per heavy atom. The van der Waals surface area contributed by atoms with E-state index in [1.165, 1.54) is 0 Å². The van der Waals surface area contributed by atoms with E-state index in [9.17, 15) is 5.11 Å². The first kappa shape index (κ1) is 12.1. The molecule has 0 spiro atoms. The minimum Gasteiger partial charge on any atom is -0.388 e. The van der Waals surface area contributed by atoms with Crippen molar-refractivity contribution in [2.75, 3.05) is 30.8 Å². The summed E-state index contributed by atoms with van der Waals surface area (Å²) < 4.78 is 5.22. The van der Waals surface area contributed by atoms with Gasteiger partial charge in [-0.25, -0.2) is 9.97 Å². The molecule has 2 heterocycles. The Balaban J connectivity index is 1.96. The molecule has 1 aromatic heterocycles. The van der Waals surface area contributed by atoms with E-state index in [1.807, 2.05) is 0 Å². The van der Waals surface area contributed by atoms with E-state index < -0.39 is 5.60 Å². The molecule has 6 nitrogen and oxygen atoms in total. The van der Waals surface area contributed by atoms with Gasteiger partial charge in [-0.3, -0.25) is 0 Å². The predicted molar refractivity (Wildman–Crippen MR) is 64.7 cm³/mol. The van der Waals surface area contributed by atoms with Crippen LogP contribution in [0.1, 0.15) is 18.7 Å². The van der Waals surface area contributed by atoms with Gasteiger partial charge >= 0.3 is 0 Å². The lowest BCUT2D eigenvalue weighted by Crippen LogP contribution is -2.42. The van der Waals surface area contributed by atoms with E-state index in [-0.39, 0.29) is 0 Å². The van der Waals surface area contributed by atoms with Crippen LogP contribution in [0.25, 0.3) is 0 Å². The first-order valence-corrected chi connectivity index (χ1v) is 5.73. The van der Waals surface area contributed by atoms with Gasteiger partial charge in [0.2, 0.25) is 0 Å². The molecule has 1 aliphatic rings. The molecule has 17 heavy (non-hydrogen) atoms. The summed E-state index contributed by atoms with van der Waals surface area (Å²) in [7, 11) is 0. The third kappa shape index (κ3) is 3.28. The van der Waals surface area contributed by atoms with Gasteiger partial charge in [-0.05, 0) is 6.92 Å². The highest BCUT2D eigenvalue weighted by molar-refractivity contribution is 5.44. The molecule has 1 saturated heterocycles. The number of aryl methyl sites for hydroxylation is 1. The molecule has 1 aliphatic heterocycles. The lowest BCUT2D eigenvalue weighted by molar-refractivity contribution is -0.0543. The van der Waals surface area contributed by atoms with Crippen molar-refractivity contribution in [1.82, 2.24) is 9.97 Å². The van der Waals surface area contributed by atoms with E-state index in [4.69, 9.17) is 10.5 Å². The van der Waals surface area contributed by atoms with Gasteiger partial charge in [-0.15, -0.1) is 0 Å². The van der Waals surface area contributed by atoms with Gasteiger partial charge in [0.05, 0.1) is 5.60 Å². The van der Waals surface area contributed by atoms with E-state index in [0.717, 1.165) is 0 Å². The number of rotatable bonds is 3. The Morgan fingerprint density at radius 3 is 2.82 bits per heavy atom. The normalized spacial score (nSPS) is 18.9. The van der Waals surface area contributed by atoms with Crippen molar-refractivity contribution in [3.63, 3.8) is 0 Å². The minimum atomic E-state index is -0.716. The molecule has 0 radical (unpaired) electrons. The van der Waals surface area contributed by atoms with Crippen LogP contribution in [-0.2, 0) is 4.74 Å². The smallest absolute Gasteiger partial charge is 0.131 e. The van der Waals surface area contributed by atoms with Crippen molar-refractivity contribution in [3.05, 3.63) is 11.9 Å². The molecule has 0 unspecified atom stereocenters. The van der Waals surface area contributed by atoms with E-state index in [1.54, 1.807) is 13.0 Å². The fraction of sp³-hybridized carbons (Fsp3) is 0.636. The number of nitrogen functional groups attached to an aromatic ring is 1. The van der Waals surface area contributed by atoms with Crippen molar-refractivity contribution in [1.29, 1.82) is 0 Å². The highest BCUT2D eigenvalue weighted by atomic mass is 16.5. The third-order valence-corrected chi connectivity index (χ3v) is 2.88. The number of nitrogens with one attached hydrogen (secondary N) is 1. The molecule has 0 aromatic carbocycles. The summed E-state index contributed by atoms with van der Waals surface area (Å²) in [4.78, 5) is 8.20. The van der Waals surface area contributed by atoms with Crippen LogP contribution >= 0.6 is 0 Å². The zero-order valence-corrected chi connectivity index (χ0v) is 9.94. The molecule has 1 fully saturated rings. The zero-order valence-electron chi connectivity index (χ0n) is 9.94. The number of hydrogen-bond donors (Lipinski definition) is 3. The molecular formula is C11H18N4O2. The summed E-state index contributed by atoms with van der Waals surface area (Å²) in [5.74, 6) is 1.69. The lowest BCUT2D eigenvalue weighted by atomic mass is 9.94. The van der Waals surface area contributed by atoms with Gasteiger partial charge in [0.25, 0.3) is 0 Å². The summed E-state index contributed by atoms with van der Waals surface area (Å²) in [6.07, 6.45) is 1.28. The van der Waals surface area contributed by atoms with Gasteiger partial charge in [-0.1, -0.05) is 0 Å². The number of aliphatic hydroxyl groups is 1. The molecular weight excluding hydrogens is 220 g/mol. The van der Waals surface area contributed by atoms with E-state index in [2.05, 4.69) is 15.3 Å². The van der Waals surface area contributed by atoms with Crippen LogP contribution in [-0.4, -0.2) is 40.4 Å². The highest BCUT2D eigenvalue weighted by Gasteiger charge is 2.29. The van der Waals surface area contributed by atoms with Crippen LogP contribution in [0, 0.1) is 6.92 Å². The molecule has 1 aromatic rings.